The van der Waals surface area contributed by atoms with Crippen LogP contribution in [0.15, 0.2) is 30.3 Å². The molecule has 1 aromatic rings. The lowest BCUT2D eigenvalue weighted by molar-refractivity contribution is -0.115. The van der Waals surface area contributed by atoms with Crippen LogP contribution in [0.4, 0.5) is 0 Å². The lowest BCUT2D eigenvalue weighted by Gasteiger charge is -2.43. The van der Waals surface area contributed by atoms with Crippen molar-refractivity contribution in [3.8, 4) is 0 Å². The van der Waals surface area contributed by atoms with E-state index >= 15 is 0 Å². The largest absolute Gasteiger partial charge is 0.383 e. The highest BCUT2D eigenvalue weighted by Crippen LogP contribution is 2.32. The molecule has 2 aliphatic rings. The van der Waals surface area contributed by atoms with Gasteiger partial charge in [-0.3, -0.25) is 4.79 Å². The molecule has 2 fully saturated rings. The quantitative estimate of drug-likeness (QED) is 0.816. The zero-order valence-corrected chi connectivity index (χ0v) is 15.7. The summed E-state index contributed by atoms with van der Waals surface area (Å²) in [5, 5.41) is 13.5. The Bertz CT molecular complexity index is 505. The normalized spacial score (nSPS) is 27.9. The molecule has 0 bridgehead atoms. The Morgan fingerprint density at radius 2 is 1.88 bits per heavy atom. The van der Waals surface area contributed by atoms with Crippen molar-refractivity contribution in [2.75, 3.05) is 39.8 Å². The predicted octanol–water partition coefficient (Wildman–Crippen LogP) is 1.82. The molecule has 1 aromatic carbocycles. The molecule has 0 radical (unpaired) electrons. The molecule has 5 heteroatoms. The summed E-state index contributed by atoms with van der Waals surface area (Å²) in [6, 6.07) is 9.29. The first-order chi connectivity index (χ1) is 12.1. The summed E-state index contributed by atoms with van der Waals surface area (Å²) in [7, 11) is 1.99. The van der Waals surface area contributed by atoms with Gasteiger partial charge in [0.15, 0.2) is 0 Å². The maximum Gasteiger partial charge on any atom is 0.207 e. The summed E-state index contributed by atoms with van der Waals surface area (Å²) in [5.74, 6) is 0. The Balaban J connectivity index is 0.000000236. The average Bonchev–Trinajstić information content (AvgIpc) is 2.67. The Hall–Kier alpha value is -1.43. The van der Waals surface area contributed by atoms with Crippen LogP contribution in [0.3, 0.4) is 0 Å². The SMILES string of the molecule is CCN1CCCCC1.CN1CCC(O)(c2ccccc2)C(NC=O)C1. The minimum Gasteiger partial charge on any atom is -0.383 e. The van der Waals surface area contributed by atoms with Gasteiger partial charge in [0.2, 0.25) is 6.41 Å². The van der Waals surface area contributed by atoms with Crippen molar-refractivity contribution in [3.63, 3.8) is 0 Å². The molecule has 3 rings (SSSR count). The second kappa shape index (κ2) is 9.90. The number of piperidine rings is 2. The minimum atomic E-state index is -0.964. The van der Waals surface area contributed by atoms with E-state index in [1.807, 2.05) is 37.4 Å². The topological polar surface area (TPSA) is 55.8 Å². The number of nitrogens with one attached hydrogen (secondary N) is 1. The van der Waals surface area contributed by atoms with Crippen LogP contribution in [-0.2, 0) is 10.4 Å². The Kier molecular flexibility index (Phi) is 7.88. The molecule has 2 heterocycles. The number of likely N-dealkylation sites (tertiary alicyclic amines) is 2. The molecule has 1 amide bonds. The molecule has 0 aliphatic carbocycles. The van der Waals surface area contributed by atoms with Crippen molar-refractivity contribution < 1.29 is 9.90 Å². The molecule has 25 heavy (non-hydrogen) atoms. The molecular weight excluding hydrogens is 314 g/mol. The van der Waals surface area contributed by atoms with Gasteiger partial charge in [-0.15, -0.1) is 0 Å². The van der Waals surface area contributed by atoms with Crippen molar-refractivity contribution in [1.82, 2.24) is 15.1 Å². The van der Waals surface area contributed by atoms with E-state index < -0.39 is 5.60 Å². The molecule has 140 valence electrons. The first kappa shape index (κ1) is 19.9. The van der Waals surface area contributed by atoms with Crippen molar-refractivity contribution >= 4 is 6.41 Å². The Labute approximate surface area is 152 Å². The predicted molar refractivity (Wildman–Crippen MR) is 101 cm³/mol. The van der Waals surface area contributed by atoms with E-state index in [9.17, 15) is 9.90 Å². The molecule has 2 N–H and O–H groups in total. The monoisotopic (exact) mass is 347 g/mol. The number of amides is 1. The van der Waals surface area contributed by atoms with Crippen LogP contribution in [0, 0.1) is 0 Å². The van der Waals surface area contributed by atoms with Crippen LogP contribution >= 0.6 is 0 Å². The first-order valence-corrected chi connectivity index (χ1v) is 9.48. The number of aliphatic hydroxyl groups is 1. The van der Waals surface area contributed by atoms with Crippen molar-refractivity contribution in [2.24, 2.45) is 0 Å². The van der Waals surface area contributed by atoms with E-state index in [0.717, 1.165) is 12.1 Å². The van der Waals surface area contributed by atoms with Crippen LogP contribution in [0.2, 0.25) is 0 Å². The van der Waals surface area contributed by atoms with Gasteiger partial charge in [-0.05, 0) is 51.5 Å². The van der Waals surface area contributed by atoms with E-state index in [2.05, 4.69) is 22.0 Å². The van der Waals surface area contributed by atoms with E-state index in [0.29, 0.717) is 19.4 Å². The number of carbonyl (C=O) groups excluding carboxylic acids is 1. The molecule has 0 spiro atoms. The third-order valence-corrected chi connectivity index (χ3v) is 5.38. The van der Waals surface area contributed by atoms with Crippen LogP contribution in [0.5, 0.6) is 0 Å². The van der Waals surface area contributed by atoms with Crippen LogP contribution < -0.4 is 5.32 Å². The molecule has 0 saturated carbocycles. The lowest BCUT2D eigenvalue weighted by atomic mass is 9.80. The van der Waals surface area contributed by atoms with Gasteiger partial charge >= 0.3 is 0 Å². The second-order valence-corrected chi connectivity index (χ2v) is 7.13. The smallest absolute Gasteiger partial charge is 0.207 e. The number of likely N-dealkylation sites (N-methyl/N-ethyl adjacent to an activating group) is 1. The summed E-state index contributed by atoms with van der Waals surface area (Å²) in [5.41, 5.74) is -0.0956. The summed E-state index contributed by atoms with van der Waals surface area (Å²) >= 11 is 0. The van der Waals surface area contributed by atoms with Crippen LogP contribution in [0.25, 0.3) is 0 Å². The Morgan fingerprint density at radius 3 is 2.44 bits per heavy atom. The molecule has 5 nitrogen and oxygen atoms in total. The summed E-state index contributed by atoms with van der Waals surface area (Å²) < 4.78 is 0. The summed E-state index contributed by atoms with van der Waals surface area (Å²) in [6.45, 7) is 7.66. The number of hydrogen-bond acceptors (Lipinski definition) is 4. The van der Waals surface area contributed by atoms with Crippen LogP contribution in [0.1, 0.15) is 38.2 Å². The van der Waals surface area contributed by atoms with Gasteiger partial charge < -0.3 is 20.2 Å². The fourth-order valence-corrected chi connectivity index (χ4v) is 3.71. The highest BCUT2D eigenvalue weighted by atomic mass is 16.3. The molecule has 0 aromatic heterocycles. The fraction of sp³-hybridized carbons (Fsp3) is 0.650. The number of hydrogen-bond donors (Lipinski definition) is 2. The number of carbonyl (C=O) groups is 1. The average molecular weight is 348 g/mol. The van der Waals surface area contributed by atoms with Gasteiger partial charge in [0.1, 0.15) is 5.60 Å². The second-order valence-electron chi connectivity index (χ2n) is 7.13. The van der Waals surface area contributed by atoms with Crippen molar-refractivity contribution in [2.45, 2.75) is 44.2 Å². The molecule has 2 atom stereocenters. The highest BCUT2D eigenvalue weighted by Gasteiger charge is 2.41. The Morgan fingerprint density at radius 1 is 1.20 bits per heavy atom. The zero-order valence-electron chi connectivity index (χ0n) is 15.7. The van der Waals surface area contributed by atoms with Gasteiger partial charge in [0.05, 0.1) is 6.04 Å². The minimum absolute atomic E-state index is 0.263. The maximum absolute atomic E-state index is 10.8. The lowest BCUT2D eigenvalue weighted by Crippen LogP contribution is -2.58. The van der Waals surface area contributed by atoms with E-state index in [1.165, 1.54) is 38.9 Å². The summed E-state index contributed by atoms with van der Waals surface area (Å²) in [6.07, 6.45) is 5.59. The van der Waals surface area contributed by atoms with Gasteiger partial charge in [0.25, 0.3) is 0 Å². The molecular formula is C20H33N3O2. The zero-order chi connectivity index (χ0) is 18.1. The molecule has 2 unspecified atom stereocenters. The fourth-order valence-electron chi connectivity index (χ4n) is 3.71. The molecule has 2 saturated heterocycles. The highest BCUT2D eigenvalue weighted by molar-refractivity contribution is 5.48. The first-order valence-electron chi connectivity index (χ1n) is 9.48. The maximum atomic E-state index is 10.8. The van der Waals surface area contributed by atoms with E-state index in [4.69, 9.17) is 0 Å². The number of rotatable bonds is 4. The standard InChI is InChI=1S/C13H18N2O2.C7H15N/c1-15-8-7-13(17,12(9-15)14-10-16)11-5-3-2-4-6-11;1-2-8-6-4-3-5-7-8/h2-6,10,12,17H,7-9H2,1H3,(H,14,16);2-7H2,1H3. The van der Waals surface area contributed by atoms with E-state index in [1.54, 1.807) is 0 Å². The van der Waals surface area contributed by atoms with Gasteiger partial charge in [-0.1, -0.05) is 43.7 Å². The van der Waals surface area contributed by atoms with Crippen LogP contribution in [-0.4, -0.2) is 67.1 Å². The van der Waals surface area contributed by atoms with Gasteiger partial charge in [-0.25, -0.2) is 0 Å². The van der Waals surface area contributed by atoms with Crippen molar-refractivity contribution in [1.29, 1.82) is 0 Å². The third-order valence-electron chi connectivity index (χ3n) is 5.38. The number of benzene rings is 1. The van der Waals surface area contributed by atoms with Gasteiger partial charge in [-0.2, -0.15) is 0 Å². The third kappa shape index (κ3) is 5.53. The molecule has 2 aliphatic heterocycles. The number of nitrogens with zero attached hydrogens (tertiary/aromatic N) is 2. The summed E-state index contributed by atoms with van der Waals surface area (Å²) in [4.78, 5) is 15.3. The van der Waals surface area contributed by atoms with E-state index in [-0.39, 0.29) is 6.04 Å². The van der Waals surface area contributed by atoms with Gasteiger partial charge in [0, 0.05) is 13.1 Å². The van der Waals surface area contributed by atoms with Crippen molar-refractivity contribution in [3.05, 3.63) is 35.9 Å².